The molecule has 1 N–H and O–H groups in total. The number of carbonyl (C=O) groups is 1. The van der Waals surface area contributed by atoms with E-state index in [1.54, 1.807) is 19.2 Å². The summed E-state index contributed by atoms with van der Waals surface area (Å²) in [6.45, 7) is 0.183. The van der Waals surface area contributed by atoms with Gasteiger partial charge in [-0.25, -0.2) is 0 Å². The molecule has 24 heavy (non-hydrogen) atoms. The zero-order valence-electron chi connectivity index (χ0n) is 12.8. The average molecular weight is 333 g/mol. The van der Waals surface area contributed by atoms with Gasteiger partial charge in [-0.05, 0) is 24.3 Å². The number of ketones is 1. The van der Waals surface area contributed by atoms with Crippen LogP contribution in [0.2, 0.25) is 0 Å². The molecule has 1 aliphatic heterocycles. The van der Waals surface area contributed by atoms with Gasteiger partial charge in [0.25, 0.3) is 0 Å². The molecule has 0 unspecified atom stereocenters. The Labute approximate surface area is 136 Å². The number of fused-ring (bicyclic) bond motifs is 1. The first kappa shape index (κ1) is 16.1. The maximum atomic E-state index is 12.6. The summed E-state index contributed by atoms with van der Waals surface area (Å²) < 4.78 is 37.8. The number of hydrogen-bond donors (Lipinski definition) is 1. The summed E-state index contributed by atoms with van der Waals surface area (Å²) in [4.78, 5) is 14.4. The number of likely N-dealkylation sites (N-methyl/N-ethyl adjacent to an activating group) is 1. The molecular weight excluding hydrogens is 319 g/mol. The van der Waals surface area contributed by atoms with Crippen LogP contribution in [0.25, 0.3) is 5.76 Å². The van der Waals surface area contributed by atoms with Gasteiger partial charge in [0, 0.05) is 23.9 Å². The highest BCUT2D eigenvalue weighted by Gasteiger charge is 2.31. The minimum Gasteiger partial charge on any atom is -0.507 e. The number of carbonyl (C=O) groups excluding carboxylic acids is 1. The lowest BCUT2D eigenvalue weighted by Gasteiger charge is -2.28. The number of aliphatic hydroxyl groups excluding tert-OH is 1. The van der Waals surface area contributed by atoms with E-state index >= 15 is 0 Å². The van der Waals surface area contributed by atoms with Crippen molar-refractivity contribution in [2.24, 2.45) is 0 Å². The summed E-state index contributed by atoms with van der Waals surface area (Å²) in [5.74, 6) is -0.615. The van der Waals surface area contributed by atoms with E-state index in [9.17, 15) is 23.1 Å². The Morgan fingerprint density at radius 1 is 1.08 bits per heavy atom. The van der Waals surface area contributed by atoms with Gasteiger partial charge >= 0.3 is 6.18 Å². The molecule has 0 spiro atoms. The lowest BCUT2D eigenvalue weighted by molar-refractivity contribution is -0.137. The van der Waals surface area contributed by atoms with Crippen LogP contribution in [0.3, 0.4) is 0 Å². The molecule has 124 valence electrons. The van der Waals surface area contributed by atoms with Crippen molar-refractivity contribution in [2.75, 3.05) is 18.5 Å². The van der Waals surface area contributed by atoms with E-state index in [2.05, 4.69) is 0 Å². The fourth-order valence-electron chi connectivity index (χ4n) is 2.73. The van der Waals surface area contributed by atoms with Gasteiger partial charge in [0.1, 0.15) is 5.76 Å². The Morgan fingerprint density at radius 3 is 2.33 bits per heavy atom. The minimum atomic E-state index is -4.45. The number of alkyl halides is 3. The number of halogens is 3. The number of anilines is 1. The molecule has 2 aromatic rings. The molecule has 0 amide bonds. The molecular formula is C18H14F3NO2. The smallest absolute Gasteiger partial charge is 0.416 e. The van der Waals surface area contributed by atoms with Crippen LogP contribution in [0.4, 0.5) is 18.9 Å². The zero-order valence-corrected chi connectivity index (χ0v) is 12.8. The van der Waals surface area contributed by atoms with Crippen LogP contribution >= 0.6 is 0 Å². The topological polar surface area (TPSA) is 40.5 Å². The summed E-state index contributed by atoms with van der Waals surface area (Å²) in [6.07, 6.45) is -4.45. The van der Waals surface area contributed by atoms with Gasteiger partial charge in [-0.15, -0.1) is 0 Å². The molecule has 6 heteroatoms. The molecule has 0 atom stereocenters. The molecule has 0 fully saturated rings. The quantitative estimate of drug-likeness (QED) is 0.833. The van der Waals surface area contributed by atoms with E-state index in [4.69, 9.17) is 0 Å². The second-order valence-corrected chi connectivity index (χ2v) is 5.60. The standard InChI is InChI=1S/C18H14F3NO2/c1-22-10-14(17(24)13-4-2-3-5-15(13)22)16(23)11-6-8-12(9-7-11)18(19,20)21/h2-9,24H,10H2,1H3. The monoisotopic (exact) mass is 333 g/mol. The van der Waals surface area contributed by atoms with Gasteiger partial charge in [0.15, 0.2) is 5.78 Å². The van der Waals surface area contributed by atoms with Gasteiger partial charge < -0.3 is 10.0 Å². The summed E-state index contributed by atoms with van der Waals surface area (Å²) in [6, 6.07) is 11.1. The second kappa shape index (κ2) is 5.70. The van der Waals surface area contributed by atoms with Crippen LogP contribution in [-0.2, 0) is 6.18 Å². The first-order valence-corrected chi connectivity index (χ1v) is 7.23. The van der Waals surface area contributed by atoms with Crippen LogP contribution < -0.4 is 4.90 Å². The highest BCUT2D eigenvalue weighted by atomic mass is 19.4. The fourth-order valence-corrected chi connectivity index (χ4v) is 2.73. The third-order valence-electron chi connectivity index (χ3n) is 4.00. The van der Waals surface area contributed by atoms with Gasteiger partial charge in [-0.3, -0.25) is 4.79 Å². The molecule has 0 radical (unpaired) electrons. The molecule has 0 saturated carbocycles. The third kappa shape index (κ3) is 2.75. The molecule has 0 aliphatic carbocycles. The maximum Gasteiger partial charge on any atom is 0.416 e. The second-order valence-electron chi connectivity index (χ2n) is 5.60. The van der Waals surface area contributed by atoms with Gasteiger partial charge in [-0.1, -0.05) is 24.3 Å². The number of para-hydroxylation sites is 1. The molecule has 0 bridgehead atoms. The fraction of sp³-hybridized carbons (Fsp3) is 0.167. The highest BCUT2D eigenvalue weighted by molar-refractivity contribution is 6.14. The first-order valence-electron chi connectivity index (χ1n) is 7.23. The largest absolute Gasteiger partial charge is 0.507 e. The average Bonchev–Trinajstić information content (AvgIpc) is 2.57. The molecule has 3 nitrogen and oxygen atoms in total. The number of benzene rings is 2. The van der Waals surface area contributed by atoms with Crippen LogP contribution in [0.15, 0.2) is 54.1 Å². The summed E-state index contributed by atoms with van der Waals surface area (Å²) in [7, 11) is 1.78. The van der Waals surface area contributed by atoms with E-state index in [0.29, 0.717) is 5.56 Å². The zero-order chi connectivity index (χ0) is 17.5. The van der Waals surface area contributed by atoms with Crippen molar-refractivity contribution in [2.45, 2.75) is 6.18 Å². The van der Waals surface area contributed by atoms with Gasteiger partial charge in [0.05, 0.1) is 17.7 Å². The van der Waals surface area contributed by atoms with E-state index in [0.717, 1.165) is 30.0 Å². The number of rotatable bonds is 2. The summed E-state index contributed by atoms with van der Waals surface area (Å²) >= 11 is 0. The summed E-state index contributed by atoms with van der Waals surface area (Å²) in [5.41, 5.74) is 0.775. The van der Waals surface area contributed by atoms with E-state index < -0.39 is 17.5 Å². The first-order chi connectivity index (χ1) is 11.3. The van der Waals surface area contributed by atoms with Crippen LogP contribution in [0.1, 0.15) is 21.5 Å². The molecule has 0 aromatic heterocycles. The van der Waals surface area contributed by atoms with E-state index in [1.165, 1.54) is 0 Å². The molecule has 1 heterocycles. The van der Waals surface area contributed by atoms with Crippen molar-refractivity contribution in [1.82, 2.24) is 0 Å². The number of hydrogen-bond acceptors (Lipinski definition) is 3. The highest BCUT2D eigenvalue weighted by Crippen LogP contribution is 2.34. The Balaban J connectivity index is 1.98. The summed E-state index contributed by atoms with van der Waals surface area (Å²) in [5, 5.41) is 10.4. The van der Waals surface area contributed by atoms with Crippen molar-refractivity contribution >= 4 is 17.2 Å². The Kier molecular flexibility index (Phi) is 3.83. The molecule has 1 aliphatic rings. The molecule has 3 rings (SSSR count). The number of nitrogens with zero attached hydrogens (tertiary/aromatic N) is 1. The van der Waals surface area contributed by atoms with E-state index in [-0.39, 0.29) is 23.4 Å². The number of aliphatic hydroxyl groups is 1. The van der Waals surface area contributed by atoms with E-state index in [1.807, 2.05) is 17.0 Å². The van der Waals surface area contributed by atoms with Gasteiger partial charge in [0.2, 0.25) is 0 Å². The SMILES string of the molecule is CN1CC(C(=O)c2ccc(C(F)(F)F)cc2)=C(O)c2ccccc21. The number of Topliss-reactive ketones (excluding diaryl/α,β-unsaturated/α-hetero) is 1. The van der Waals surface area contributed by atoms with Crippen molar-refractivity contribution in [1.29, 1.82) is 0 Å². The third-order valence-corrected chi connectivity index (χ3v) is 4.00. The molecule has 0 saturated heterocycles. The van der Waals surface area contributed by atoms with Gasteiger partial charge in [-0.2, -0.15) is 13.2 Å². The van der Waals surface area contributed by atoms with Crippen molar-refractivity contribution in [3.05, 3.63) is 70.8 Å². The maximum absolute atomic E-state index is 12.6. The molecule has 2 aromatic carbocycles. The van der Waals surface area contributed by atoms with Crippen molar-refractivity contribution in [3.63, 3.8) is 0 Å². The minimum absolute atomic E-state index is 0.109. The lowest BCUT2D eigenvalue weighted by Crippen LogP contribution is -2.29. The Morgan fingerprint density at radius 2 is 1.71 bits per heavy atom. The van der Waals surface area contributed by atoms with Crippen LogP contribution in [-0.4, -0.2) is 24.5 Å². The van der Waals surface area contributed by atoms with Crippen LogP contribution in [0.5, 0.6) is 0 Å². The van der Waals surface area contributed by atoms with Crippen LogP contribution in [0, 0.1) is 0 Å². The Hall–Kier alpha value is -2.76. The van der Waals surface area contributed by atoms with Crippen molar-refractivity contribution in [3.8, 4) is 0 Å². The Bertz CT molecular complexity index is 823. The normalized spacial score (nSPS) is 14.6. The lowest BCUT2D eigenvalue weighted by atomic mass is 9.94. The predicted octanol–water partition coefficient (Wildman–Crippen LogP) is 4.31. The van der Waals surface area contributed by atoms with Crippen molar-refractivity contribution < 1.29 is 23.1 Å². The predicted molar refractivity (Wildman–Crippen MR) is 85.0 cm³/mol.